The Hall–Kier alpha value is -0.470. The molecule has 1 aromatic heterocycles. The van der Waals surface area contributed by atoms with Gasteiger partial charge in [0.05, 0.1) is 5.02 Å². The SMILES string of the molecule is CCCCC(C)NCc1cc(Cl)cn1C. The highest BCUT2D eigenvalue weighted by atomic mass is 35.5. The van der Waals surface area contributed by atoms with Gasteiger partial charge in [0.15, 0.2) is 0 Å². The molecule has 0 spiro atoms. The van der Waals surface area contributed by atoms with E-state index in [2.05, 4.69) is 23.7 Å². The lowest BCUT2D eigenvalue weighted by Gasteiger charge is -2.13. The Morgan fingerprint density at radius 3 is 2.80 bits per heavy atom. The predicted octanol–water partition coefficient (Wildman–Crippen LogP) is 3.35. The maximum Gasteiger partial charge on any atom is 0.0585 e. The van der Waals surface area contributed by atoms with E-state index in [-0.39, 0.29) is 0 Å². The van der Waals surface area contributed by atoms with Crippen molar-refractivity contribution in [2.75, 3.05) is 0 Å². The minimum Gasteiger partial charge on any atom is -0.352 e. The van der Waals surface area contributed by atoms with E-state index in [9.17, 15) is 0 Å². The molecule has 0 radical (unpaired) electrons. The highest BCUT2D eigenvalue weighted by Gasteiger charge is 2.04. The number of nitrogens with one attached hydrogen (secondary N) is 1. The van der Waals surface area contributed by atoms with Crippen LogP contribution in [0.1, 0.15) is 38.8 Å². The van der Waals surface area contributed by atoms with Crippen molar-refractivity contribution in [1.29, 1.82) is 0 Å². The molecule has 1 rings (SSSR count). The van der Waals surface area contributed by atoms with Crippen molar-refractivity contribution in [2.24, 2.45) is 7.05 Å². The van der Waals surface area contributed by atoms with Crippen LogP contribution in [0.5, 0.6) is 0 Å². The maximum absolute atomic E-state index is 5.92. The van der Waals surface area contributed by atoms with Crippen LogP contribution in [0, 0.1) is 0 Å². The molecule has 0 aliphatic carbocycles. The normalized spacial score (nSPS) is 13.1. The molecule has 1 heterocycles. The molecule has 1 N–H and O–H groups in total. The Balaban J connectivity index is 2.33. The highest BCUT2D eigenvalue weighted by Crippen LogP contribution is 2.12. The second kappa shape index (κ2) is 6.19. The molecule has 0 aromatic carbocycles. The Kier molecular flexibility index (Phi) is 5.20. The van der Waals surface area contributed by atoms with Gasteiger partial charge in [0, 0.05) is 31.5 Å². The van der Waals surface area contributed by atoms with Crippen LogP contribution in [-0.4, -0.2) is 10.6 Å². The van der Waals surface area contributed by atoms with Crippen molar-refractivity contribution >= 4 is 11.6 Å². The van der Waals surface area contributed by atoms with Crippen molar-refractivity contribution < 1.29 is 0 Å². The lowest BCUT2D eigenvalue weighted by molar-refractivity contribution is 0.487. The molecule has 0 aliphatic heterocycles. The molecule has 86 valence electrons. The van der Waals surface area contributed by atoms with Crippen LogP contribution in [0.15, 0.2) is 12.3 Å². The zero-order valence-corrected chi connectivity index (χ0v) is 10.6. The van der Waals surface area contributed by atoms with Crippen molar-refractivity contribution in [3.05, 3.63) is 23.0 Å². The summed E-state index contributed by atoms with van der Waals surface area (Å²) in [5.74, 6) is 0. The number of aryl methyl sites for hydroxylation is 1. The van der Waals surface area contributed by atoms with Gasteiger partial charge in [0.1, 0.15) is 0 Å². The van der Waals surface area contributed by atoms with E-state index in [0.29, 0.717) is 6.04 Å². The summed E-state index contributed by atoms with van der Waals surface area (Å²) >= 11 is 5.92. The number of hydrogen-bond acceptors (Lipinski definition) is 1. The van der Waals surface area contributed by atoms with E-state index < -0.39 is 0 Å². The molecular weight excluding hydrogens is 208 g/mol. The average Bonchev–Trinajstić information content (AvgIpc) is 2.51. The fourth-order valence-corrected chi connectivity index (χ4v) is 1.91. The quantitative estimate of drug-likeness (QED) is 0.790. The summed E-state index contributed by atoms with van der Waals surface area (Å²) in [7, 11) is 2.03. The number of aromatic nitrogens is 1. The van der Waals surface area contributed by atoms with Crippen molar-refractivity contribution in [3.8, 4) is 0 Å². The van der Waals surface area contributed by atoms with Crippen LogP contribution in [0.2, 0.25) is 5.02 Å². The molecule has 15 heavy (non-hydrogen) atoms. The van der Waals surface area contributed by atoms with E-state index >= 15 is 0 Å². The number of halogens is 1. The largest absolute Gasteiger partial charge is 0.352 e. The van der Waals surface area contributed by atoms with E-state index in [0.717, 1.165) is 11.6 Å². The number of hydrogen-bond donors (Lipinski definition) is 1. The van der Waals surface area contributed by atoms with Crippen LogP contribution in [0.3, 0.4) is 0 Å². The van der Waals surface area contributed by atoms with Gasteiger partial charge in [-0.25, -0.2) is 0 Å². The van der Waals surface area contributed by atoms with Crippen LogP contribution in [-0.2, 0) is 13.6 Å². The summed E-state index contributed by atoms with van der Waals surface area (Å²) in [6.45, 7) is 5.36. The number of nitrogens with zero attached hydrogens (tertiary/aromatic N) is 1. The van der Waals surface area contributed by atoms with E-state index in [1.165, 1.54) is 25.0 Å². The molecule has 1 unspecified atom stereocenters. The van der Waals surface area contributed by atoms with E-state index in [1.807, 2.05) is 19.3 Å². The molecule has 0 saturated heterocycles. The molecular formula is C12H21ClN2. The molecule has 0 bridgehead atoms. The first kappa shape index (κ1) is 12.6. The average molecular weight is 229 g/mol. The zero-order valence-electron chi connectivity index (χ0n) is 9.89. The first-order valence-electron chi connectivity index (χ1n) is 5.67. The first-order valence-corrected chi connectivity index (χ1v) is 6.05. The van der Waals surface area contributed by atoms with E-state index in [4.69, 9.17) is 11.6 Å². The topological polar surface area (TPSA) is 17.0 Å². The standard InChI is InChI=1S/C12H21ClN2/c1-4-5-6-10(2)14-8-12-7-11(13)9-15(12)3/h7,9-10,14H,4-6,8H2,1-3H3. The first-order chi connectivity index (χ1) is 7.13. The van der Waals surface area contributed by atoms with Gasteiger partial charge in [0.25, 0.3) is 0 Å². The van der Waals surface area contributed by atoms with Crippen molar-refractivity contribution in [3.63, 3.8) is 0 Å². The maximum atomic E-state index is 5.92. The lowest BCUT2D eigenvalue weighted by Crippen LogP contribution is -2.26. The Morgan fingerprint density at radius 1 is 1.53 bits per heavy atom. The molecule has 0 aliphatic rings. The fraction of sp³-hybridized carbons (Fsp3) is 0.667. The molecule has 2 nitrogen and oxygen atoms in total. The third-order valence-corrected chi connectivity index (χ3v) is 2.90. The van der Waals surface area contributed by atoms with Gasteiger partial charge in [-0.1, -0.05) is 31.4 Å². The zero-order chi connectivity index (χ0) is 11.3. The van der Waals surface area contributed by atoms with Gasteiger partial charge in [-0.2, -0.15) is 0 Å². The molecule has 0 fully saturated rings. The third kappa shape index (κ3) is 4.27. The monoisotopic (exact) mass is 228 g/mol. The molecule has 0 saturated carbocycles. The molecule has 3 heteroatoms. The van der Waals surface area contributed by atoms with Gasteiger partial charge in [0.2, 0.25) is 0 Å². The van der Waals surface area contributed by atoms with Crippen molar-refractivity contribution in [1.82, 2.24) is 9.88 Å². The lowest BCUT2D eigenvalue weighted by atomic mass is 10.1. The summed E-state index contributed by atoms with van der Waals surface area (Å²) in [5.41, 5.74) is 1.24. The van der Waals surface area contributed by atoms with Crippen LogP contribution >= 0.6 is 11.6 Å². The summed E-state index contributed by atoms with van der Waals surface area (Å²) in [5, 5.41) is 4.32. The van der Waals surface area contributed by atoms with Gasteiger partial charge >= 0.3 is 0 Å². The van der Waals surface area contributed by atoms with Gasteiger partial charge < -0.3 is 9.88 Å². The summed E-state index contributed by atoms with van der Waals surface area (Å²) in [4.78, 5) is 0. The van der Waals surface area contributed by atoms with Gasteiger partial charge in [-0.15, -0.1) is 0 Å². The molecule has 1 aromatic rings. The predicted molar refractivity (Wildman–Crippen MR) is 66.2 cm³/mol. The second-order valence-corrected chi connectivity index (χ2v) is 4.62. The summed E-state index contributed by atoms with van der Waals surface area (Å²) in [6.07, 6.45) is 5.74. The van der Waals surface area contributed by atoms with E-state index in [1.54, 1.807) is 0 Å². The summed E-state index contributed by atoms with van der Waals surface area (Å²) < 4.78 is 2.07. The highest BCUT2D eigenvalue weighted by molar-refractivity contribution is 6.30. The Labute approximate surface area is 97.6 Å². The Morgan fingerprint density at radius 2 is 2.27 bits per heavy atom. The summed E-state index contributed by atoms with van der Waals surface area (Å²) in [6, 6.07) is 2.60. The minimum atomic E-state index is 0.582. The molecule has 0 amide bonds. The fourth-order valence-electron chi connectivity index (χ4n) is 1.63. The number of rotatable bonds is 6. The Bertz CT molecular complexity index is 294. The van der Waals surface area contributed by atoms with Crippen LogP contribution in [0.25, 0.3) is 0 Å². The van der Waals surface area contributed by atoms with Crippen LogP contribution in [0.4, 0.5) is 0 Å². The van der Waals surface area contributed by atoms with Gasteiger partial charge in [-0.05, 0) is 19.4 Å². The number of unbranched alkanes of at least 4 members (excludes halogenated alkanes) is 1. The van der Waals surface area contributed by atoms with Crippen LogP contribution < -0.4 is 5.32 Å². The minimum absolute atomic E-state index is 0.582. The third-order valence-electron chi connectivity index (χ3n) is 2.70. The van der Waals surface area contributed by atoms with Gasteiger partial charge in [-0.3, -0.25) is 0 Å². The molecule has 1 atom stereocenters. The van der Waals surface area contributed by atoms with Crippen molar-refractivity contribution in [2.45, 2.75) is 45.7 Å². The smallest absolute Gasteiger partial charge is 0.0585 e. The second-order valence-electron chi connectivity index (χ2n) is 4.18.